The van der Waals surface area contributed by atoms with Gasteiger partial charge in [-0.15, -0.1) is 33.2 Å². The zero-order valence-corrected chi connectivity index (χ0v) is 9.63. The summed E-state index contributed by atoms with van der Waals surface area (Å²) < 4.78 is 0. The Kier molecular flexibility index (Phi) is 3.33. The van der Waals surface area contributed by atoms with Crippen molar-refractivity contribution in [1.82, 2.24) is 0 Å². The lowest BCUT2D eigenvalue weighted by molar-refractivity contribution is 0.522. The van der Waals surface area contributed by atoms with Crippen molar-refractivity contribution in [3.05, 3.63) is 12.2 Å². The van der Waals surface area contributed by atoms with Crippen molar-refractivity contribution in [2.45, 2.75) is 25.3 Å². The number of rotatable bonds is 1. The van der Waals surface area contributed by atoms with Crippen LogP contribution in [0, 0.1) is 5.92 Å². The first-order chi connectivity index (χ1) is 5.02. The maximum Gasteiger partial charge on any atom is 0.344 e. The highest BCUT2D eigenvalue weighted by atomic mass is 35.8. The fraction of sp³-hybridized carbons (Fsp3) is 0.714. The highest BCUT2D eigenvalue weighted by molar-refractivity contribution is 7.65. The molecule has 1 rings (SSSR count). The van der Waals surface area contributed by atoms with Crippen LogP contribution in [0.3, 0.4) is 0 Å². The molecule has 1 aliphatic carbocycles. The third kappa shape index (κ3) is 2.65. The Morgan fingerprint density at radius 2 is 1.73 bits per heavy atom. The molecule has 2 unspecified atom stereocenters. The van der Waals surface area contributed by atoms with Gasteiger partial charge in [0.05, 0.1) is 0 Å². The van der Waals surface area contributed by atoms with Crippen LogP contribution in [0.1, 0.15) is 19.8 Å². The van der Waals surface area contributed by atoms with E-state index in [1.807, 2.05) is 0 Å². The molecule has 0 fully saturated rings. The van der Waals surface area contributed by atoms with Gasteiger partial charge >= 0.3 is 6.00 Å². The fourth-order valence-electron chi connectivity index (χ4n) is 1.41. The molecular weight excluding hydrogens is 219 g/mol. The van der Waals surface area contributed by atoms with Gasteiger partial charge < -0.3 is 0 Å². The van der Waals surface area contributed by atoms with Crippen LogP contribution in [0.5, 0.6) is 0 Å². The van der Waals surface area contributed by atoms with Crippen LogP contribution in [0.25, 0.3) is 0 Å². The Morgan fingerprint density at radius 1 is 1.18 bits per heavy atom. The standard InChI is InChI=1S/C7H11Cl3Si/c1-6-4-2-3-5-7(6)11(8,9)10/h2-3,6-7H,4-5H2,1H3. The molecule has 64 valence electrons. The molecule has 0 N–H and O–H groups in total. The van der Waals surface area contributed by atoms with Crippen molar-refractivity contribution in [2.24, 2.45) is 5.92 Å². The minimum Gasteiger partial charge on any atom is -0.126 e. The molecule has 0 aromatic carbocycles. The molecule has 0 aromatic rings. The highest BCUT2D eigenvalue weighted by Gasteiger charge is 2.39. The van der Waals surface area contributed by atoms with E-state index in [0.717, 1.165) is 12.8 Å². The van der Waals surface area contributed by atoms with Gasteiger partial charge in [-0.1, -0.05) is 19.1 Å². The molecule has 0 amide bonds. The number of halogens is 3. The summed E-state index contributed by atoms with van der Waals surface area (Å²) in [5, 5.41) is 0. The third-order valence-electron chi connectivity index (χ3n) is 2.17. The topological polar surface area (TPSA) is 0 Å². The largest absolute Gasteiger partial charge is 0.344 e. The van der Waals surface area contributed by atoms with Gasteiger partial charge in [-0.05, 0) is 18.8 Å². The third-order valence-corrected chi connectivity index (χ3v) is 6.34. The molecule has 0 aromatic heterocycles. The lowest BCUT2D eigenvalue weighted by Gasteiger charge is -2.29. The average Bonchev–Trinajstić information content (AvgIpc) is 1.86. The highest BCUT2D eigenvalue weighted by Crippen LogP contribution is 2.44. The van der Waals surface area contributed by atoms with Crippen LogP contribution in [-0.4, -0.2) is 6.00 Å². The van der Waals surface area contributed by atoms with Crippen molar-refractivity contribution in [1.29, 1.82) is 0 Å². The van der Waals surface area contributed by atoms with Crippen LogP contribution >= 0.6 is 33.2 Å². The molecule has 1 aliphatic rings. The average molecular weight is 230 g/mol. The van der Waals surface area contributed by atoms with E-state index < -0.39 is 6.00 Å². The molecule has 2 atom stereocenters. The minimum atomic E-state index is -2.45. The zero-order valence-electron chi connectivity index (χ0n) is 6.36. The quantitative estimate of drug-likeness (QED) is 0.362. The molecule has 0 radical (unpaired) electrons. The zero-order chi connectivity index (χ0) is 8.48. The van der Waals surface area contributed by atoms with Crippen LogP contribution in [-0.2, 0) is 0 Å². The summed E-state index contributed by atoms with van der Waals surface area (Å²) >= 11 is 17.8. The summed E-state index contributed by atoms with van der Waals surface area (Å²) in [5.74, 6) is 0.541. The van der Waals surface area contributed by atoms with Gasteiger partial charge in [-0.2, -0.15) is 0 Å². The maximum atomic E-state index is 5.94. The number of hydrogen-bond donors (Lipinski definition) is 0. The summed E-state index contributed by atoms with van der Waals surface area (Å²) in [7, 11) is 0. The predicted molar refractivity (Wildman–Crippen MR) is 54.6 cm³/mol. The van der Waals surface area contributed by atoms with Crippen molar-refractivity contribution < 1.29 is 0 Å². The van der Waals surface area contributed by atoms with Crippen LogP contribution in [0.2, 0.25) is 5.54 Å². The first-order valence-corrected chi connectivity index (χ1v) is 8.85. The molecule has 0 heterocycles. The molecule has 0 bridgehead atoms. The predicted octanol–water partition coefficient (Wildman–Crippen LogP) is 4.00. The summed E-state index contributed by atoms with van der Waals surface area (Å²) in [6.07, 6.45) is 6.31. The second-order valence-electron chi connectivity index (χ2n) is 3.07. The molecule has 0 saturated carbocycles. The second-order valence-corrected chi connectivity index (χ2v) is 12.0. The van der Waals surface area contributed by atoms with Gasteiger partial charge in [0.25, 0.3) is 0 Å². The van der Waals surface area contributed by atoms with Crippen LogP contribution < -0.4 is 0 Å². The Hall–Kier alpha value is 0.827. The summed E-state index contributed by atoms with van der Waals surface area (Å²) in [6, 6.07) is -2.45. The molecule has 11 heavy (non-hydrogen) atoms. The van der Waals surface area contributed by atoms with Crippen molar-refractivity contribution in [3.8, 4) is 0 Å². The van der Waals surface area contributed by atoms with E-state index >= 15 is 0 Å². The summed E-state index contributed by atoms with van der Waals surface area (Å²) in [6.45, 7) is 2.16. The molecule has 0 spiro atoms. The molecule has 4 heteroatoms. The van der Waals surface area contributed by atoms with Gasteiger partial charge in [0.1, 0.15) is 0 Å². The van der Waals surface area contributed by atoms with Crippen LogP contribution in [0.4, 0.5) is 0 Å². The molecule has 0 saturated heterocycles. The second kappa shape index (κ2) is 3.69. The summed E-state index contributed by atoms with van der Waals surface area (Å²) in [4.78, 5) is 0. The Labute approximate surface area is 82.6 Å². The number of allylic oxidation sites excluding steroid dienone is 2. The van der Waals surface area contributed by atoms with E-state index in [4.69, 9.17) is 33.2 Å². The van der Waals surface area contributed by atoms with Crippen molar-refractivity contribution >= 4 is 39.2 Å². The van der Waals surface area contributed by atoms with E-state index in [0.29, 0.717) is 11.5 Å². The van der Waals surface area contributed by atoms with E-state index in [1.54, 1.807) is 0 Å². The molecular formula is C7H11Cl3Si. The van der Waals surface area contributed by atoms with Crippen molar-refractivity contribution in [2.75, 3.05) is 0 Å². The van der Waals surface area contributed by atoms with Gasteiger partial charge in [0, 0.05) is 5.54 Å². The monoisotopic (exact) mass is 228 g/mol. The van der Waals surface area contributed by atoms with E-state index in [1.165, 1.54) is 0 Å². The molecule has 0 aliphatic heterocycles. The fourth-order valence-corrected chi connectivity index (χ4v) is 5.33. The minimum absolute atomic E-state index is 0.317. The Balaban J connectivity index is 2.64. The van der Waals surface area contributed by atoms with E-state index in [9.17, 15) is 0 Å². The lowest BCUT2D eigenvalue weighted by Crippen LogP contribution is -2.26. The normalized spacial score (nSPS) is 32.4. The first kappa shape index (κ1) is 9.91. The van der Waals surface area contributed by atoms with Gasteiger partial charge in [0.15, 0.2) is 0 Å². The Morgan fingerprint density at radius 3 is 2.09 bits per heavy atom. The Bertz CT molecular complexity index is 162. The number of hydrogen-bond acceptors (Lipinski definition) is 0. The maximum absolute atomic E-state index is 5.94. The van der Waals surface area contributed by atoms with Gasteiger partial charge in [-0.25, -0.2) is 0 Å². The van der Waals surface area contributed by atoms with Crippen molar-refractivity contribution in [3.63, 3.8) is 0 Å². The first-order valence-electron chi connectivity index (χ1n) is 3.73. The molecule has 0 nitrogen and oxygen atoms in total. The van der Waals surface area contributed by atoms with E-state index in [2.05, 4.69) is 19.1 Å². The van der Waals surface area contributed by atoms with Gasteiger partial charge in [0.2, 0.25) is 0 Å². The van der Waals surface area contributed by atoms with Crippen LogP contribution in [0.15, 0.2) is 12.2 Å². The smallest absolute Gasteiger partial charge is 0.126 e. The lowest BCUT2D eigenvalue weighted by atomic mass is 9.96. The van der Waals surface area contributed by atoms with E-state index in [-0.39, 0.29) is 0 Å². The summed E-state index contributed by atoms with van der Waals surface area (Å²) in [5.41, 5.74) is 0.317. The SMILES string of the molecule is CC1CC=CCC1[Si](Cl)(Cl)Cl. The van der Waals surface area contributed by atoms with Gasteiger partial charge in [-0.3, -0.25) is 0 Å².